The molecule has 1 saturated heterocycles. The van der Waals surface area contributed by atoms with E-state index in [0.717, 1.165) is 31.9 Å². The second-order valence-electron chi connectivity index (χ2n) is 5.89. The fraction of sp³-hybridized carbons (Fsp3) is 0.812. The predicted octanol–water partition coefficient (Wildman–Crippen LogP) is 2.19. The van der Waals surface area contributed by atoms with Crippen LogP contribution in [0.15, 0.2) is 17.6 Å². The zero-order valence-corrected chi connectivity index (χ0v) is 13.6. The lowest BCUT2D eigenvalue weighted by Crippen LogP contribution is -2.42. The van der Waals surface area contributed by atoms with E-state index in [9.17, 15) is 0 Å². The zero-order chi connectivity index (χ0) is 14.8. The molecule has 4 nitrogen and oxygen atoms in total. The molecular formula is C16H32N4. The number of nitrogens with zero attached hydrogens (tertiary/aromatic N) is 3. The summed E-state index contributed by atoms with van der Waals surface area (Å²) in [5.74, 6) is 1.66. The fourth-order valence-corrected chi connectivity index (χ4v) is 2.70. The normalized spacial score (nSPS) is 18.1. The average Bonchev–Trinajstić information content (AvgIpc) is 2.92. The van der Waals surface area contributed by atoms with Crippen LogP contribution >= 0.6 is 0 Å². The summed E-state index contributed by atoms with van der Waals surface area (Å²) in [6.45, 7) is 11.8. The number of aliphatic imine (C=N–C) groups is 1. The molecule has 1 unspecified atom stereocenters. The van der Waals surface area contributed by atoms with Gasteiger partial charge in [-0.3, -0.25) is 4.99 Å². The van der Waals surface area contributed by atoms with Gasteiger partial charge in [0.05, 0.1) is 0 Å². The van der Waals surface area contributed by atoms with Gasteiger partial charge in [0.2, 0.25) is 0 Å². The Hall–Kier alpha value is -1.03. The Bertz CT molecular complexity index is 295. The molecule has 0 saturated carbocycles. The van der Waals surface area contributed by atoms with Gasteiger partial charge in [0.1, 0.15) is 0 Å². The maximum atomic E-state index is 4.36. The molecule has 1 aliphatic heterocycles. The molecule has 0 bridgehead atoms. The third kappa shape index (κ3) is 6.42. The molecule has 1 atom stereocenters. The van der Waals surface area contributed by atoms with E-state index in [4.69, 9.17) is 0 Å². The Balaban J connectivity index is 2.23. The molecule has 0 spiro atoms. The first-order valence-corrected chi connectivity index (χ1v) is 7.92. The average molecular weight is 280 g/mol. The van der Waals surface area contributed by atoms with Crippen LogP contribution in [0.5, 0.6) is 0 Å². The van der Waals surface area contributed by atoms with E-state index in [0.29, 0.717) is 5.92 Å². The van der Waals surface area contributed by atoms with Crippen molar-refractivity contribution < 1.29 is 0 Å². The van der Waals surface area contributed by atoms with Crippen molar-refractivity contribution in [2.24, 2.45) is 10.9 Å². The van der Waals surface area contributed by atoms with E-state index >= 15 is 0 Å². The molecule has 20 heavy (non-hydrogen) atoms. The number of hydrogen-bond donors (Lipinski definition) is 1. The van der Waals surface area contributed by atoms with Crippen molar-refractivity contribution in [3.63, 3.8) is 0 Å². The van der Waals surface area contributed by atoms with Crippen LogP contribution in [0.4, 0.5) is 0 Å². The van der Waals surface area contributed by atoms with Gasteiger partial charge in [0.25, 0.3) is 0 Å². The van der Waals surface area contributed by atoms with Crippen LogP contribution in [0.3, 0.4) is 0 Å². The van der Waals surface area contributed by atoms with E-state index in [1.807, 2.05) is 13.1 Å². The number of guanidine groups is 1. The smallest absolute Gasteiger partial charge is 0.193 e. The van der Waals surface area contributed by atoms with Gasteiger partial charge >= 0.3 is 0 Å². The van der Waals surface area contributed by atoms with Gasteiger partial charge in [0, 0.05) is 33.7 Å². The summed E-state index contributed by atoms with van der Waals surface area (Å²) in [7, 11) is 3.96. The van der Waals surface area contributed by atoms with E-state index in [2.05, 4.69) is 40.7 Å². The predicted molar refractivity (Wildman–Crippen MR) is 88.3 cm³/mol. The van der Waals surface area contributed by atoms with Crippen LogP contribution in [0.25, 0.3) is 0 Å². The summed E-state index contributed by atoms with van der Waals surface area (Å²) in [5.41, 5.74) is 0. The van der Waals surface area contributed by atoms with Gasteiger partial charge in [-0.15, -0.1) is 6.58 Å². The first kappa shape index (κ1) is 17.0. The van der Waals surface area contributed by atoms with Gasteiger partial charge < -0.3 is 15.1 Å². The third-order valence-corrected chi connectivity index (χ3v) is 3.85. The van der Waals surface area contributed by atoms with E-state index in [-0.39, 0.29) is 0 Å². The number of rotatable bonds is 8. The Kier molecular flexibility index (Phi) is 8.35. The summed E-state index contributed by atoms with van der Waals surface area (Å²) in [4.78, 5) is 9.14. The molecule has 116 valence electrons. The minimum Gasteiger partial charge on any atom is -0.356 e. The Morgan fingerprint density at radius 1 is 1.45 bits per heavy atom. The van der Waals surface area contributed by atoms with Crippen molar-refractivity contribution in [1.29, 1.82) is 0 Å². The monoisotopic (exact) mass is 280 g/mol. The van der Waals surface area contributed by atoms with Crippen LogP contribution in [-0.2, 0) is 0 Å². The molecule has 0 radical (unpaired) electrons. The lowest BCUT2D eigenvalue weighted by atomic mass is 10.1. The lowest BCUT2D eigenvalue weighted by molar-refractivity contribution is 0.286. The van der Waals surface area contributed by atoms with Crippen molar-refractivity contribution >= 4 is 5.96 Å². The quantitative estimate of drug-likeness (QED) is 0.320. The van der Waals surface area contributed by atoms with Crippen molar-refractivity contribution in [1.82, 2.24) is 15.1 Å². The Morgan fingerprint density at radius 2 is 2.15 bits per heavy atom. The summed E-state index contributed by atoms with van der Waals surface area (Å²) < 4.78 is 0. The molecule has 1 rings (SSSR count). The largest absolute Gasteiger partial charge is 0.356 e. The van der Waals surface area contributed by atoms with Gasteiger partial charge in [-0.25, -0.2) is 0 Å². The van der Waals surface area contributed by atoms with Crippen molar-refractivity contribution in [3.05, 3.63) is 12.7 Å². The Labute approximate surface area is 124 Å². The van der Waals surface area contributed by atoms with Crippen LogP contribution in [0, 0.1) is 5.92 Å². The van der Waals surface area contributed by atoms with Crippen molar-refractivity contribution in [3.8, 4) is 0 Å². The topological polar surface area (TPSA) is 30.9 Å². The van der Waals surface area contributed by atoms with Crippen molar-refractivity contribution in [2.45, 2.75) is 32.6 Å². The number of unbranched alkanes of at least 4 members (excludes halogenated alkanes) is 1. The molecule has 1 heterocycles. The van der Waals surface area contributed by atoms with Crippen molar-refractivity contribution in [2.75, 3.05) is 46.8 Å². The highest BCUT2D eigenvalue weighted by molar-refractivity contribution is 5.79. The molecule has 0 aliphatic carbocycles. The van der Waals surface area contributed by atoms with Crippen LogP contribution < -0.4 is 5.32 Å². The molecule has 1 aliphatic rings. The van der Waals surface area contributed by atoms with Gasteiger partial charge in [-0.2, -0.15) is 0 Å². The summed E-state index contributed by atoms with van der Waals surface area (Å²) in [6.07, 6.45) is 6.90. The summed E-state index contributed by atoms with van der Waals surface area (Å²) >= 11 is 0. The highest BCUT2D eigenvalue weighted by Gasteiger charge is 2.15. The van der Waals surface area contributed by atoms with E-state index in [1.54, 1.807) is 0 Å². The maximum Gasteiger partial charge on any atom is 0.193 e. The Morgan fingerprint density at radius 3 is 2.75 bits per heavy atom. The summed E-state index contributed by atoms with van der Waals surface area (Å²) in [6, 6.07) is 0. The molecule has 1 N–H and O–H groups in total. The van der Waals surface area contributed by atoms with E-state index < -0.39 is 0 Å². The summed E-state index contributed by atoms with van der Waals surface area (Å²) in [5, 5.41) is 3.49. The molecule has 0 aromatic carbocycles. The lowest BCUT2D eigenvalue weighted by Gasteiger charge is -2.25. The standard InChI is InChI=1S/C16H32N4/c1-5-6-7-10-19(4)16(17-3)18-13-15(2)14-20-11-8-9-12-20/h5,15H,1,6-14H2,2-4H3,(H,17,18). The minimum atomic E-state index is 0.659. The van der Waals surface area contributed by atoms with Crippen LogP contribution in [0.1, 0.15) is 32.6 Å². The first-order valence-electron chi connectivity index (χ1n) is 7.92. The van der Waals surface area contributed by atoms with Gasteiger partial charge in [-0.1, -0.05) is 13.0 Å². The molecule has 0 aromatic rings. The van der Waals surface area contributed by atoms with Crippen LogP contribution in [0.2, 0.25) is 0 Å². The number of hydrogen-bond acceptors (Lipinski definition) is 2. The fourth-order valence-electron chi connectivity index (χ4n) is 2.70. The molecule has 4 heteroatoms. The number of allylic oxidation sites excluding steroid dienone is 1. The third-order valence-electron chi connectivity index (χ3n) is 3.85. The number of nitrogens with one attached hydrogen (secondary N) is 1. The minimum absolute atomic E-state index is 0.659. The SMILES string of the molecule is C=CCCCN(C)C(=NC)NCC(C)CN1CCCC1. The van der Waals surface area contributed by atoms with Gasteiger partial charge in [0.15, 0.2) is 5.96 Å². The first-order chi connectivity index (χ1) is 9.67. The molecule has 0 amide bonds. The highest BCUT2D eigenvalue weighted by atomic mass is 15.3. The highest BCUT2D eigenvalue weighted by Crippen LogP contribution is 2.09. The molecule has 0 aromatic heterocycles. The van der Waals surface area contributed by atoms with Gasteiger partial charge in [-0.05, 0) is 44.7 Å². The zero-order valence-electron chi connectivity index (χ0n) is 13.6. The second-order valence-corrected chi connectivity index (χ2v) is 5.89. The van der Waals surface area contributed by atoms with E-state index in [1.165, 1.54) is 32.5 Å². The van der Waals surface area contributed by atoms with Crippen LogP contribution in [-0.4, -0.2) is 62.6 Å². The number of likely N-dealkylation sites (tertiary alicyclic amines) is 1. The molecule has 1 fully saturated rings. The molecular weight excluding hydrogens is 248 g/mol. The second kappa shape index (κ2) is 9.81. The maximum absolute atomic E-state index is 4.36.